The minimum absolute atomic E-state index is 0.0941. The van der Waals surface area contributed by atoms with E-state index < -0.39 is 6.03 Å². The maximum absolute atomic E-state index is 12.0. The number of hydrogen-bond donors (Lipinski definition) is 2. The number of carbonyl (C=O) groups is 2. The minimum Gasteiger partial charge on any atom is -0.351 e. The molecule has 0 spiro atoms. The molecule has 3 amide bonds. The van der Waals surface area contributed by atoms with Gasteiger partial charge in [-0.2, -0.15) is 0 Å². The van der Waals surface area contributed by atoms with Gasteiger partial charge in [0, 0.05) is 4.90 Å². The molecule has 3 N–H and O–H groups in total. The van der Waals surface area contributed by atoms with Crippen molar-refractivity contribution in [3.63, 3.8) is 0 Å². The van der Waals surface area contributed by atoms with Crippen LogP contribution in [-0.4, -0.2) is 17.2 Å². The first-order valence-electron chi connectivity index (χ1n) is 6.98. The molecule has 0 aliphatic carbocycles. The highest BCUT2D eigenvalue weighted by Crippen LogP contribution is 2.30. The Kier molecular flexibility index (Phi) is 5.84. The fourth-order valence-electron chi connectivity index (χ4n) is 1.87. The van der Waals surface area contributed by atoms with Crippen molar-refractivity contribution in [1.29, 1.82) is 0 Å². The molecule has 0 fully saturated rings. The molecule has 0 saturated carbocycles. The van der Waals surface area contributed by atoms with Crippen LogP contribution in [0.25, 0.3) is 0 Å². The Morgan fingerprint density at radius 3 is 2.05 bits per heavy atom. The van der Waals surface area contributed by atoms with Crippen LogP contribution in [0.5, 0.6) is 0 Å². The van der Waals surface area contributed by atoms with E-state index in [0.717, 1.165) is 4.90 Å². The average Bonchev–Trinajstić information content (AvgIpc) is 2.34. The van der Waals surface area contributed by atoms with Gasteiger partial charge in [0.1, 0.15) is 0 Å². The predicted octanol–water partition coefficient (Wildman–Crippen LogP) is 3.30. The second-order valence-electron chi connectivity index (χ2n) is 6.41. The Morgan fingerprint density at radius 2 is 1.67 bits per heavy atom. The number of nitrogens with two attached hydrogens (primary N) is 1. The van der Waals surface area contributed by atoms with Gasteiger partial charge in [-0.05, 0) is 29.0 Å². The molecule has 0 heterocycles. The zero-order valence-electron chi connectivity index (χ0n) is 13.3. The maximum Gasteiger partial charge on any atom is 0.318 e. The lowest BCUT2D eigenvalue weighted by atomic mass is 9.87. The average molecular weight is 308 g/mol. The molecule has 0 aliphatic heterocycles. The molecular formula is C16H24N2O2S. The van der Waals surface area contributed by atoms with Crippen LogP contribution in [0.2, 0.25) is 0 Å². The molecule has 1 aromatic rings. The lowest BCUT2D eigenvalue weighted by molar-refractivity contribution is -0.120. The monoisotopic (exact) mass is 308 g/mol. The molecule has 0 bridgehead atoms. The molecule has 1 aromatic carbocycles. The molecule has 0 radical (unpaired) electrons. The largest absolute Gasteiger partial charge is 0.351 e. The number of nitrogens with one attached hydrogen (secondary N) is 1. The quantitative estimate of drug-likeness (QED) is 0.838. The second kappa shape index (κ2) is 6.98. The molecule has 4 nitrogen and oxygen atoms in total. The minimum atomic E-state index is -0.811. The molecular weight excluding hydrogens is 284 g/mol. The molecule has 0 aliphatic rings. The number of primary amides is 1. The van der Waals surface area contributed by atoms with Crippen LogP contribution in [0.15, 0.2) is 29.2 Å². The van der Waals surface area contributed by atoms with Gasteiger partial charge in [-0.1, -0.05) is 46.8 Å². The molecule has 1 unspecified atom stereocenters. The summed E-state index contributed by atoms with van der Waals surface area (Å²) in [5, 5.41) is 1.81. The second-order valence-corrected chi connectivity index (χ2v) is 7.63. The number of amides is 3. The zero-order valence-corrected chi connectivity index (χ0v) is 14.1. The molecule has 21 heavy (non-hydrogen) atoms. The van der Waals surface area contributed by atoms with Gasteiger partial charge < -0.3 is 5.73 Å². The molecule has 116 valence electrons. The number of thioether (sulfide) groups is 1. The first-order chi connectivity index (χ1) is 9.61. The fourth-order valence-corrected chi connectivity index (χ4v) is 2.89. The molecule has 5 heteroatoms. The van der Waals surface area contributed by atoms with Gasteiger partial charge in [-0.3, -0.25) is 10.1 Å². The van der Waals surface area contributed by atoms with E-state index >= 15 is 0 Å². The summed E-state index contributed by atoms with van der Waals surface area (Å²) >= 11 is 1.45. The molecule has 0 saturated heterocycles. The van der Waals surface area contributed by atoms with Crippen LogP contribution in [-0.2, 0) is 10.2 Å². The van der Waals surface area contributed by atoms with Gasteiger partial charge >= 0.3 is 6.03 Å². The third-order valence-electron chi connectivity index (χ3n) is 3.09. The van der Waals surface area contributed by atoms with Crippen molar-refractivity contribution < 1.29 is 9.59 Å². The van der Waals surface area contributed by atoms with Gasteiger partial charge in [0.25, 0.3) is 0 Å². The van der Waals surface area contributed by atoms with Crippen LogP contribution in [0.4, 0.5) is 4.79 Å². The maximum atomic E-state index is 12.0. The zero-order chi connectivity index (χ0) is 16.2. The molecule has 1 atom stereocenters. The van der Waals surface area contributed by atoms with Crippen molar-refractivity contribution in [2.45, 2.75) is 50.2 Å². The molecule has 1 rings (SSSR count). The number of benzene rings is 1. The van der Waals surface area contributed by atoms with Crippen molar-refractivity contribution in [1.82, 2.24) is 5.32 Å². The summed E-state index contributed by atoms with van der Waals surface area (Å²) in [6, 6.07) is 7.36. The van der Waals surface area contributed by atoms with Crippen LogP contribution < -0.4 is 11.1 Å². The number of carbonyl (C=O) groups excluding carboxylic acids is 2. The number of urea groups is 1. The summed E-state index contributed by atoms with van der Waals surface area (Å²) in [5.74, 6) is -0.251. The predicted molar refractivity (Wildman–Crippen MR) is 87.4 cm³/mol. The van der Waals surface area contributed by atoms with Crippen LogP contribution in [0.3, 0.4) is 0 Å². The Morgan fingerprint density at radius 1 is 1.14 bits per heavy atom. The van der Waals surface area contributed by atoms with Crippen LogP contribution in [0, 0.1) is 5.92 Å². The molecule has 0 aromatic heterocycles. The Bertz CT molecular complexity index is 504. The van der Waals surface area contributed by atoms with Gasteiger partial charge in [0.2, 0.25) is 5.91 Å². The first kappa shape index (κ1) is 17.6. The highest BCUT2D eigenvalue weighted by Gasteiger charge is 2.24. The van der Waals surface area contributed by atoms with E-state index in [0.29, 0.717) is 0 Å². The number of hydrogen-bond acceptors (Lipinski definition) is 3. The van der Waals surface area contributed by atoms with Crippen molar-refractivity contribution in [3.05, 3.63) is 29.8 Å². The third-order valence-corrected chi connectivity index (χ3v) is 4.65. The Hall–Kier alpha value is -1.49. The summed E-state index contributed by atoms with van der Waals surface area (Å²) in [6.07, 6.45) is 0. The Labute approximate surface area is 130 Å². The summed E-state index contributed by atoms with van der Waals surface area (Å²) in [7, 11) is 0. The summed E-state index contributed by atoms with van der Waals surface area (Å²) < 4.78 is 0. The smallest absolute Gasteiger partial charge is 0.318 e. The number of imide groups is 1. The Balaban J connectivity index is 2.85. The SMILES string of the molecule is CC(C)C(Sc1ccc(C(C)(C)C)cc1)C(=O)NC(N)=O. The van der Waals surface area contributed by atoms with Crippen molar-refractivity contribution >= 4 is 23.7 Å². The van der Waals surface area contributed by atoms with Gasteiger partial charge in [0.05, 0.1) is 5.25 Å². The van der Waals surface area contributed by atoms with E-state index in [4.69, 9.17) is 5.73 Å². The number of rotatable bonds is 4. The summed E-state index contributed by atoms with van der Waals surface area (Å²) in [5.41, 5.74) is 6.36. The lowest BCUT2D eigenvalue weighted by Gasteiger charge is -2.21. The van der Waals surface area contributed by atoms with E-state index in [2.05, 4.69) is 38.2 Å². The third kappa shape index (κ3) is 5.42. The van der Waals surface area contributed by atoms with Gasteiger partial charge in [-0.15, -0.1) is 11.8 Å². The lowest BCUT2D eigenvalue weighted by Crippen LogP contribution is -2.42. The highest BCUT2D eigenvalue weighted by atomic mass is 32.2. The van der Waals surface area contributed by atoms with Crippen molar-refractivity contribution in [2.75, 3.05) is 0 Å². The standard InChI is InChI=1S/C16H24N2O2S/c1-10(2)13(14(19)18-15(17)20)21-12-8-6-11(7-9-12)16(3,4)5/h6-10,13H,1-5H3,(H3,17,18,19,20). The van der Waals surface area contributed by atoms with Crippen LogP contribution >= 0.6 is 11.8 Å². The first-order valence-corrected chi connectivity index (χ1v) is 7.86. The van der Waals surface area contributed by atoms with Crippen LogP contribution in [0.1, 0.15) is 40.2 Å². The van der Waals surface area contributed by atoms with Gasteiger partial charge in [0.15, 0.2) is 0 Å². The van der Waals surface area contributed by atoms with Crippen molar-refractivity contribution in [2.24, 2.45) is 11.7 Å². The van der Waals surface area contributed by atoms with E-state index in [1.807, 2.05) is 26.0 Å². The van der Waals surface area contributed by atoms with E-state index in [-0.39, 0.29) is 22.5 Å². The normalized spacial score (nSPS) is 13.0. The van der Waals surface area contributed by atoms with E-state index in [9.17, 15) is 9.59 Å². The van der Waals surface area contributed by atoms with E-state index in [1.165, 1.54) is 17.3 Å². The summed E-state index contributed by atoms with van der Waals surface area (Å²) in [4.78, 5) is 23.8. The van der Waals surface area contributed by atoms with E-state index in [1.54, 1.807) is 0 Å². The fraction of sp³-hybridized carbons (Fsp3) is 0.500. The van der Waals surface area contributed by atoms with Crippen molar-refractivity contribution in [3.8, 4) is 0 Å². The van der Waals surface area contributed by atoms with Gasteiger partial charge in [-0.25, -0.2) is 4.79 Å². The summed E-state index contributed by atoms with van der Waals surface area (Å²) in [6.45, 7) is 10.4. The topological polar surface area (TPSA) is 72.2 Å². The highest BCUT2D eigenvalue weighted by molar-refractivity contribution is 8.00.